The number of carbonyl (C=O) groups excluding carboxylic acids is 2. The molecule has 7 nitrogen and oxygen atoms in total. The van der Waals surface area contributed by atoms with Gasteiger partial charge in [0.25, 0.3) is 0 Å². The molecule has 2 N–H and O–H groups in total. The maximum absolute atomic E-state index is 13.4. The zero-order valence-electron chi connectivity index (χ0n) is 21.8. The van der Waals surface area contributed by atoms with E-state index < -0.39 is 12.2 Å². The number of hydroxylamine groups is 2. The zero-order chi connectivity index (χ0) is 25.6. The molecule has 0 aliphatic carbocycles. The first-order chi connectivity index (χ1) is 16.6. The van der Waals surface area contributed by atoms with E-state index in [0.717, 1.165) is 30.4 Å². The van der Waals surface area contributed by atoms with Gasteiger partial charge in [0.15, 0.2) is 6.17 Å². The van der Waals surface area contributed by atoms with Crippen LogP contribution in [0, 0.1) is 19.3 Å². The van der Waals surface area contributed by atoms with Gasteiger partial charge >= 0.3 is 12.1 Å². The maximum atomic E-state index is 13.4. The summed E-state index contributed by atoms with van der Waals surface area (Å²) in [6.07, 6.45) is 4.55. The highest BCUT2D eigenvalue weighted by molar-refractivity contribution is 5.97. The van der Waals surface area contributed by atoms with Crippen LogP contribution >= 0.6 is 0 Å². The van der Waals surface area contributed by atoms with Gasteiger partial charge in [-0.2, -0.15) is 5.06 Å². The Morgan fingerprint density at radius 3 is 2.43 bits per heavy atom. The monoisotopic (exact) mass is 480 g/mol. The summed E-state index contributed by atoms with van der Waals surface area (Å²) in [6, 6.07) is 14.1. The minimum Gasteiger partial charge on any atom is -0.320 e. The van der Waals surface area contributed by atoms with E-state index in [2.05, 4.69) is 26.1 Å². The third-order valence-corrected chi connectivity index (χ3v) is 6.66. The number of nitrogens with zero attached hydrogens (tertiary/aromatic N) is 3. The minimum atomic E-state index is -0.828. The van der Waals surface area contributed by atoms with Crippen molar-refractivity contribution >= 4 is 23.4 Å². The zero-order valence-corrected chi connectivity index (χ0v) is 21.8. The highest BCUT2D eigenvalue weighted by Gasteiger charge is 2.43. The molecule has 35 heavy (non-hydrogen) atoms. The smallest absolute Gasteiger partial charge is 0.320 e. The van der Waals surface area contributed by atoms with Gasteiger partial charge in [0.05, 0.1) is 6.54 Å². The van der Waals surface area contributed by atoms with E-state index >= 15 is 0 Å². The van der Waals surface area contributed by atoms with Crippen LogP contribution in [-0.2, 0) is 0 Å². The summed E-state index contributed by atoms with van der Waals surface area (Å²) in [5.74, 6) is 0. The Kier molecular flexibility index (Phi) is 8.78. The molecule has 7 heteroatoms. The third kappa shape index (κ3) is 6.98. The van der Waals surface area contributed by atoms with Crippen molar-refractivity contribution in [2.45, 2.75) is 72.9 Å². The van der Waals surface area contributed by atoms with Crippen LogP contribution in [0.15, 0.2) is 48.5 Å². The second-order valence-corrected chi connectivity index (χ2v) is 10.4. The number of rotatable bonds is 10. The van der Waals surface area contributed by atoms with Crippen LogP contribution in [0.5, 0.6) is 0 Å². The number of anilines is 2. The van der Waals surface area contributed by atoms with Crippen LogP contribution in [-0.4, -0.2) is 46.5 Å². The fourth-order valence-corrected chi connectivity index (χ4v) is 4.82. The molecule has 1 aliphatic heterocycles. The molecule has 3 rings (SSSR count). The Balaban J connectivity index is 1.73. The first kappa shape index (κ1) is 26.5. The van der Waals surface area contributed by atoms with Gasteiger partial charge in [0.1, 0.15) is 0 Å². The Morgan fingerprint density at radius 1 is 1.09 bits per heavy atom. The number of aryl methyl sites for hydroxylation is 2. The fraction of sp³-hybridized carbons (Fsp3) is 0.500. The molecule has 1 heterocycles. The summed E-state index contributed by atoms with van der Waals surface area (Å²) >= 11 is 0. The molecule has 190 valence electrons. The summed E-state index contributed by atoms with van der Waals surface area (Å²) in [7, 11) is 0. The molecule has 2 aromatic carbocycles. The number of hydrogen-bond acceptors (Lipinski definition) is 3. The second-order valence-electron chi connectivity index (χ2n) is 10.4. The number of unbranched alkanes of at least 4 members (excludes halogenated alkanes) is 1. The first-order valence-electron chi connectivity index (χ1n) is 12.6. The Morgan fingerprint density at radius 2 is 1.77 bits per heavy atom. The molecule has 0 spiro atoms. The lowest BCUT2D eigenvalue weighted by molar-refractivity contribution is -0.0685. The van der Waals surface area contributed by atoms with Crippen LogP contribution in [0.3, 0.4) is 0 Å². The summed E-state index contributed by atoms with van der Waals surface area (Å²) in [5, 5.41) is 14.3. The van der Waals surface area contributed by atoms with Crippen LogP contribution in [0.2, 0.25) is 0 Å². The average molecular weight is 481 g/mol. The number of benzene rings is 2. The molecular weight excluding hydrogens is 440 g/mol. The van der Waals surface area contributed by atoms with Gasteiger partial charge in [-0.1, -0.05) is 57.9 Å². The fourth-order valence-electron chi connectivity index (χ4n) is 4.82. The van der Waals surface area contributed by atoms with Gasteiger partial charge in [-0.15, -0.1) is 0 Å². The standard InChI is InChI=1S/C28H40N4O3/c1-6-15-28(4,5)16-7-8-17-30-20-25(31(27(30)34)24-14-10-12-22(3)19-24)32(35)26(33)29-23-13-9-11-21(2)18-23/h9-14,18-19,25,35H,6-8,15-17,20H2,1-5H3,(H,29,33). The Bertz CT molecular complexity index is 1020. The third-order valence-electron chi connectivity index (χ3n) is 6.66. The maximum Gasteiger partial charge on any atom is 0.347 e. The van der Waals surface area contributed by atoms with Crippen molar-refractivity contribution < 1.29 is 14.8 Å². The quantitative estimate of drug-likeness (QED) is 0.223. The second kappa shape index (κ2) is 11.6. The van der Waals surface area contributed by atoms with Crippen molar-refractivity contribution in [3.8, 4) is 0 Å². The van der Waals surface area contributed by atoms with Crippen molar-refractivity contribution in [2.75, 3.05) is 23.3 Å². The molecule has 2 aromatic rings. The number of hydrogen-bond donors (Lipinski definition) is 2. The van der Waals surface area contributed by atoms with E-state index in [-0.39, 0.29) is 12.6 Å². The van der Waals surface area contributed by atoms with E-state index in [1.54, 1.807) is 11.0 Å². The number of amides is 4. The van der Waals surface area contributed by atoms with Crippen molar-refractivity contribution in [3.05, 3.63) is 59.7 Å². The average Bonchev–Trinajstić information content (AvgIpc) is 3.12. The summed E-state index contributed by atoms with van der Waals surface area (Å²) in [4.78, 5) is 29.6. The predicted octanol–water partition coefficient (Wildman–Crippen LogP) is 6.79. The Labute approximate surface area is 209 Å². The number of nitrogens with one attached hydrogen (secondary N) is 1. The van der Waals surface area contributed by atoms with Gasteiger partial charge < -0.3 is 10.2 Å². The Hall–Kier alpha value is -3.06. The van der Waals surface area contributed by atoms with E-state index in [1.165, 1.54) is 17.7 Å². The molecule has 1 aliphatic rings. The predicted molar refractivity (Wildman–Crippen MR) is 141 cm³/mol. The van der Waals surface area contributed by atoms with E-state index in [1.807, 2.05) is 56.3 Å². The molecule has 1 atom stereocenters. The van der Waals surface area contributed by atoms with E-state index in [4.69, 9.17) is 0 Å². The lowest BCUT2D eigenvalue weighted by Crippen LogP contribution is -2.50. The number of carbonyl (C=O) groups is 2. The van der Waals surface area contributed by atoms with Crippen LogP contribution in [0.1, 0.15) is 64.0 Å². The number of urea groups is 2. The van der Waals surface area contributed by atoms with Gasteiger partial charge in [0, 0.05) is 17.9 Å². The molecule has 1 unspecified atom stereocenters. The van der Waals surface area contributed by atoms with Gasteiger partial charge in [-0.05, 0) is 73.9 Å². The summed E-state index contributed by atoms with van der Waals surface area (Å²) in [6.45, 7) is 11.5. The minimum absolute atomic E-state index is 0.198. The normalized spacial score (nSPS) is 16.1. The molecule has 0 radical (unpaired) electrons. The topological polar surface area (TPSA) is 76.1 Å². The van der Waals surface area contributed by atoms with Gasteiger partial charge in [0.2, 0.25) is 0 Å². The SMILES string of the molecule is CCCC(C)(C)CCCCN1CC(N(O)C(=O)Nc2cccc(C)c2)N(c2cccc(C)c2)C1=O. The molecular formula is C28H40N4O3. The van der Waals surface area contributed by atoms with Crippen molar-refractivity contribution in [1.82, 2.24) is 9.96 Å². The van der Waals surface area contributed by atoms with E-state index in [9.17, 15) is 14.8 Å². The van der Waals surface area contributed by atoms with Crippen molar-refractivity contribution in [3.63, 3.8) is 0 Å². The summed E-state index contributed by atoms with van der Waals surface area (Å²) < 4.78 is 0. The molecule has 0 saturated carbocycles. The molecule has 1 saturated heterocycles. The van der Waals surface area contributed by atoms with Gasteiger partial charge in [-0.3, -0.25) is 10.1 Å². The van der Waals surface area contributed by atoms with Crippen LogP contribution in [0.4, 0.5) is 21.0 Å². The molecule has 0 bridgehead atoms. The lowest BCUT2D eigenvalue weighted by atomic mass is 9.83. The molecule has 1 fully saturated rings. The molecule has 4 amide bonds. The van der Waals surface area contributed by atoms with E-state index in [0.29, 0.717) is 28.4 Å². The highest BCUT2D eigenvalue weighted by Crippen LogP contribution is 2.30. The lowest BCUT2D eigenvalue weighted by Gasteiger charge is -2.29. The van der Waals surface area contributed by atoms with Crippen molar-refractivity contribution in [2.24, 2.45) is 5.41 Å². The van der Waals surface area contributed by atoms with Crippen LogP contribution in [0.25, 0.3) is 0 Å². The van der Waals surface area contributed by atoms with Crippen LogP contribution < -0.4 is 10.2 Å². The largest absolute Gasteiger partial charge is 0.347 e. The summed E-state index contributed by atoms with van der Waals surface area (Å²) in [5.41, 5.74) is 3.55. The van der Waals surface area contributed by atoms with Crippen molar-refractivity contribution in [1.29, 1.82) is 0 Å². The van der Waals surface area contributed by atoms with Gasteiger partial charge in [-0.25, -0.2) is 9.59 Å². The highest BCUT2D eigenvalue weighted by atomic mass is 16.5. The first-order valence-corrected chi connectivity index (χ1v) is 12.6. The molecule has 0 aromatic heterocycles.